The van der Waals surface area contributed by atoms with Gasteiger partial charge in [-0.25, -0.2) is 0 Å². The van der Waals surface area contributed by atoms with Gasteiger partial charge in [0.1, 0.15) is 0 Å². The van der Waals surface area contributed by atoms with Crippen LogP contribution in [-0.4, -0.2) is 19.1 Å². The van der Waals surface area contributed by atoms with Crippen LogP contribution in [0.5, 0.6) is 0 Å². The minimum Gasteiger partial charge on any atom is -0.469 e. The first-order valence-corrected chi connectivity index (χ1v) is 5.07. The predicted octanol–water partition coefficient (Wildman–Crippen LogP) is 1.77. The minimum atomic E-state index is -0.297. The van der Waals surface area contributed by atoms with Gasteiger partial charge in [-0.15, -0.1) is 0 Å². The maximum Gasteiger partial charge on any atom is 0.307 e. The van der Waals surface area contributed by atoms with E-state index in [0.717, 1.165) is 5.56 Å². The highest BCUT2D eigenvalue weighted by molar-refractivity contribution is 6.31. The van der Waals surface area contributed by atoms with Crippen molar-refractivity contribution in [2.24, 2.45) is 5.73 Å². The Morgan fingerprint density at radius 2 is 2.20 bits per heavy atom. The molecule has 0 heterocycles. The first kappa shape index (κ1) is 12.0. The standard InChI is InChI=1S/C11H14ClNO2/c1-15-11(14)7-9(13)6-8-4-2-3-5-10(8)12/h2-5,9H,6-7,13H2,1H3. The molecule has 15 heavy (non-hydrogen) atoms. The van der Waals surface area contributed by atoms with Crippen LogP contribution in [0.4, 0.5) is 0 Å². The molecule has 4 heteroatoms. The van der Waals surface area contributed by atoms with Crippen LogP contribution < -0.4 is 5.73 Å². The van der Waals surface area contributed by atoms with Gasteiger partial charge in [-0.05, 0) is 18.1 Å². The Labute approximate surface area is 94.2 Å². The van der Waals surface area contributed by atoms with Crippen LogP contribution in [0.25, 0.3) is 0 Å². The molecule has 3 nitrogen and oxygen atoms in total. The lowest BCUT2D eigenvalue weighted by atomic mass is 10.0. The van der Waals surface area contributed by atoms with Crippen LogP contribution in [0.2, 0.25) is 5.02 Å². The number of carbonyl (C=O) groups excluding carboxylic acids is 1. The van der Waals surface area contributed by atoms with E-state index in [4.69, 9.17) is 17.3 Å². The van der Waals surface area contributed by atoms with Crippen molar-refractivity contribution in [3.63, 3.8) is 0 Å². The molecule has 0 radical (unpaired) electrons. The Morgan fingerprint density at radius 3 is 2.80 bits per heavy atom. The second-order valence-corrected chi connectivity index (χ2v) is 3.74. The lowest BCUT2D eigenvalue weighted by Gasteiger charge is -2.11. The lowest BCUT2D eigenvalue weighted by molar-refractivity contribution is -0.140. The Balaban J connectivity index is 2.55. The highest BCUT2D eigenvalue weighted by Crippen LogP contribution is 2.16. The van der Waals surface area contributed by atoms with Crippen molar-refractivity contribution in [3.8, 4) is 0 Å². The summed E-state index contributed by atoms with van der Waals surface area (Å²) in [4.78, 5) is 11.0. The maximum atomic E-state index is 11.0. The molecule has 0 saturated heterocycles. The predicted molar refractivity (Wildman–Crippen MR) is 59.8 cm³/mol. The van der Waals surface area contributed by atoms with Crippen molar-refractivity contribution in [3.05, 3.63) is 34.9 Å². The van der Waals surface area contributed by atoms with E-state index in [1.165, 1.54) is 7.11 Å². The number of benzene rings is 1. The molecule has 0 fully saturated rings. The number of carbonyl (C=O) groups is 1. The zero-order valence-corrected chi connectivity index (χ0v) is 9.33. The number of rotatable bonds is 4. The number of hydrogen-bond acceptors (Lipinski definition) is 3. The lowest BCUT2D eigenvalue weighted by Crippen LogP contribution is -2.26. The van der Waals surface area contributed by atoms with E-state index in [1.807, 2.05) is 24.3 Å². The molecule has 0 amide bonds. The molecular formula is C11H14ClNO2. The minimum absolute atomic E-state index is 0.210. The van der Waals surface area contributed by atoms with Crippen molar-refractivity contribution in [2.45, 2.75) is 18.9 Å². The van der Waals surface area contributed by atoms with Crippen molar-refractivity contribution < 1.29 is 9.53 Å². The van der Waals surface area contributed by atoms with Gasteiger partial charge in [-0.2, -0.15) is 0 Å². The molecule has 2 N–H and O–H groups in total. The van der Waals surface area contributed by atoms with E-state index in [2.05, 4.69) is 4.74 Å². The van der Waals surface area contributed by atoms with Gasteiger partial charge in [-0.1, -0.05) is 29.8 Å². The van der Waals surface area contributed by atoms with Gasteiger partial charge in [0.2, 0.25) is 0 Å². The van der Waals surface area contributed by atoms with E-state index in [9.17, 15) is 4.79 Å². The molecule has 1 unspecified atom stereocenters. The fourth-order valence-electron chi connectivity index (χ4n) is 1.32. The molecule has 0 aliphatic carbocycles. The molecule has 1 aromatic carbocycles. The van der Waals surface area contributed by atoms with E-state index >= 15 is 0 Å². The molecule has 0 aliphatic rings. The summed E-state index contributed by atoms with van der Waals surface area (Å²) in [6, 6.07) is 7.21. The fourth-order valence-corrected chi connectivity index (χ4v) is 1.53. The summed E-state index contributed by atoms with van der Waals surface area (Å²) in [6.07, 6.45) is 0.788. The van der Waals surface area contributed by atoms with Gasteiger partial charge in [0.25, 0.3) is 0 Å². The molecule has 1 rings (SSSR count). The van der Waals surface area contributed by atoms with E-state index in [-0.39, 0.29) is 18.4 Å². The Bertz CT molecular complexity index is 341. The molecular weight excluding hydrogens is 214 g/mol. The van der Waals surface area contributed by atoms with Crippen LogP contribution in [-0.2, 0) is 16.0 Å². The second kappa shape index (κ2) is 5.73. The topological polar surface area (TPSA) is 52.3 Å². The molecule has 0 aromatic heterocycles. The highest BCUT2D eigenvalue weighted by atomic mass is 35.5. The summed E-state index contributed by atoms with van der Waals surface area (Å²) < 4.78 is 4.54. The van der Waals surface area contributed by atoms with Crippen molar-refractivity contribution in [1.82, 2.24) is 0 Å². The molecule has 82 valence electrons. The van der Waals surface area contributed by atoms with Gasteiger partial charge in [0.05, 0.1) is 13.5 Å². The summed E-state index contributed by atoms with van der Waals surface area (Å²) in [6.45, 7) is 0. The van der Waals surface area contributed by atoms with Gasteiger partial charge < -0.3 is 10.5 Å². The quantitative estimate of drug-likeness (QED) is 0.798. The van der Waals surface area contributed by atoms with E-state index in [0.29, 0.717) is 11.4 Å². The summed E-state index contributed by atoms with van der Waals surface area (Å²) in [5.41, 5.74) is 6.75. The van der Waals surface area contributed by atoms with Gasteiger partial charge in [0, 0.05) is 11.1 Å². The average Bonchev–Trinajstić information content (AvgIpc) is 2.21. The third-order valence-corrected chi connectivity index (χ3v) is 2.47. The summed E-state index contributed by atoms with van der Waals surface area (Å²) in [5, 5.41) is 0.679. The van der Waals surface area contributed by atoms with Crippen LogP contribution in [0.1, 0.15) is 12.0 Å². The largest absolute Gasteiger partial charge is 0.469 e. The van der Waals surface area contributed by atoms with Crippen LogP contribution in [0.3, 0.4) is 0 Å². The van der Waals surface area contributed by atoms with E-state index in [1.54, 1.807) is 0 Å². The Kier molecular flexibility index (Phi) is 4.59. The first-order chi connectivity index (χ1) is 7.13. The average molecular weight is 228 g/mol. The third-order valence-electron chi connectivity index (χ3n) is 2.10. The molecule has 1 aromatic rings. The van der Waals surface area contributed by atoms with Crippen molar-refractivity contribution in [2.75, 3.05) is 7.11 Å². The molecule has 0 bridgehead atoms. The molecule has 1 atom stereocenters. The normalized spacial score (nSPS) is 12.2. The number of halogens is 1. The number of esters is 1. The van der Waals surface area contributed by atoms with Crippen molar-refractivity contribution >= 4 is 17.6 Å². The third kappa shape index (κ3) is 3.90. The molecule has 0 saturated carbocycles. The molecule has 0 spiro atoms. The molecule has 0 aliphatic heterocycles. The summed E-state index contributed by atoms with van der Waals surface area (Å²) >= 11 is 5.97. The van der Waals surface area contributed by atoms with Crippen LogP contribution >= 0.6 is 11.6 Å². The summed E-state index contributed by atoms with van der Waals surface area (Å²) in [7, 11) is 1.35. The van der Waals surface area contributed by atoms with Crippen LogP contribution in [0.15, 0.2) is 24.3 Å². The first-order valence-electron chi connectivity index (χ1n) is 4.69. The fraction of sp³-hybridized carbons (Fsp3) is 0.364. The zero-order valence-electron chi connectivity index (χ0n) is 8.57. The number of hydrogen-bond donors (Lipinski definition) is 1. The SMILES string of the molecule is COC(=O)CC(N)Cc1ccccc1Cl. The van der Waals surface area contributed by atoms with Crippen molar-refractivity contribution in [1.29, 1.82) is 0 Å². The van der Waals surface area contributed by atoms with Crippen LogP contribution in [0, 0.1) is 0 Å². The van der Waals surface area contributed by atoms with Gasteiger partial charge in [-0.3, -0.25) is 4.79 Å². The maximum absolute atomic E-state index is 11.0. The Hall–Kier alpha value is -1.06. The second-order valence-electron chi connectivity index (χ2n) is 3.34. The van der Waals surface area contributed by atoms with Gasteiger partial charge in [0.15, 0.2) is 0 Å². The summed E-state index contributed by atoms with van der Waals surface area (Å²) in [5.74, 6) is -0.297. The number of methoxy groups -OCH3 is 1. The number of nitrogens with two attached hydrogens (primary N) is 1. The van der Waals surface area contributed by atoms with Gasteiger partial charge >= 0.3 is 5.97 Å². The Morgan fingerprint density at radius 1 is 1.53 bits per heavy atom. The smallest absolute Gasteiger partial charge is 0.307 e. The zero-order chi connectivity index (χ0) is 11.3. The highest BCUT2D eigenvalue weighted by Gasteiger charge is 2.11. The number of ether oxygens (including phenoxy) is 1. The van der Waals surface area contributed by atoms with E-state index < -0.39 is 0 Å². The monoisotopic (exact) mass is 227 g/mol.